The molecule has 0 saturated heterocycles. The minimum Gasteiger partial charge on any atom is -0.158 e. The predicted octanol–water partition coefficient (Wildman–Crippen LogP) is 5.23. The molecule has 0 radical (unpaired) electrons. The lowest BCUT2D eigenvalue weighted by Gasteiger charge is -2.12. The molecule has 0 aliphatic rings. The van der Waals surface area contributed by atoms with E-state index in [0.29, 0.717) is 0 Å². The third-order valence-electron chi connectivity index (χ3n) is 3.50. The topological polar surface area (TPSA) is 25.8 Å². The molecule has 1 heterocycles. The first-order valence-corrected chi connectivity index (χ1v) is 8.39. The summed E-state index contributed by atoms with van der Waals surface area (Å²) in [6, 6.07) is 18.9. The van der Waals surface area contributed by atoms with Gasteiger partial charge in [-0.15, -0.1) is 16.9 Å². The molecule has 0 aliphatic heterocycles. The molecule has 0 aliphatic carbocycles. The number of aryl methyl sites for hydroxylation is 1. The second-order valence-electron chi connectivity index (χ2n) is 5.10. The zero-order chi connectivity index (χ0) is 15.4. The molecule has 2 nitrogen and oxygen atoms in total. The van der Waals surface area contributed by atoms with Crippen LogP contribution in [0, 0.1) is 6.92 Å². The highest BCUT2D eigenvalue weighted by atomic mass is 32.2. The van der Waals surface area contributed by atoms with Crippen LogP contribution in [0.25, 0.3) is 22.4 Å². The Labute approximate surface area is 135 Å². The maximum atomic E-state index is 4.40. The smallest absolute Gasteiger partial charge is 0.107 e. The summed E-state index contributed by atoms with van der Waals surface area (Å²) in [4.78, 5) is 1.20. The first kappa shape index (κ1) is 14.8. The molecular formula is C19H18N2S. The zero-order valence-corrected chi connectivity index (χ0v) is 13.6. The van der Waals surface area contributed by atoms with E-state index in [0.717, 1.165) is 22.6 Å². The van der Waals surface area contributed by atoms with Crippen LogP contribution in [0.3, 0.4) is 0 Å². The van der Waals surface area contributed by atoms with Crippen LogP contribution in [0.1, 0.15) is 12.5 Å². The molecular weight excluding hydrogens is 288 g/mol. The van der Waals surface area contributed by atoms with E-state index in [1.807, 2.05) is 36.2 Å². The van der Waals surface area contributed by atoms with E-state index in [4.69, 9.17) is 0 Å². The Kier molecular flexibility index (Phi) is 4.54. The normalized spacial score (nSPS) is 10.6. The van der Waals surface area contributed by atoms with Crippen molar-refractivity contribution >= 4 is 11.8 Å². The van der Waals surface area contributed by atoms with Crippen molar-refractivity contribution in [3.63, 3.8) is 0 Å². The second kappa shape index (κ2) is 6.75. The van der Waals surface area contributed by atoms with Gasteiger partial charge in [0, 0.05) is 16.0 Å². The Balaban J connectivity index is 2.16. The lowest BCUT2D eigenvalue weighted by atomic mass is 10.0. The highest BCUT2D eigenvalue weighted by Crippen LogP contribution is 2.37. The van der Waals surface area contributed by atoms with Crippen LogP contribution < -0.4 is 0 Å². The van der Waals surface area contributed by atoms with Gasteiger partial charge in [0.15, 0.2) is 0 Å². The van der Waals surface area contributed by atoms with Crippen molar-refractivity contribution in [3.05, 3.63) is 66.4 Å². The molecule has 0 atom stereocenters. The highest BCUT2D eigenvalue weighted by Gasteiger charge is 2.14. The molecule has 0 amide bonds. The van der Waals surface area contributed by atoms with Gasteiger partial charge in [0.1, 0.15) is 5.69 Å². The number of thioether (sulfide) groups is 1. The van der Waals surface area contributed by atoms with E-state index in [2.05, 4.69) is 60.4 Å². The average Bonchev–Trinajstić information content (AvgIpc) is 2.57. The number of hydrogen-bond donors (Lipinski definition) is 0. The van der Waals surface area contributed by atoms with E-state index in [-0.39, 0.29) is 0 Å². The van der Waals surface area contributed by atoms with Crippen molar-refractivity contribution < 1.29 is 0 Å². The standard InChI is InChI=1S/C19H18N2S/c1-3-22-19-17(15-11-9-14(2)10-12-15)13-20-21-18(19)16-7-5-4-6-8-16/h4-13H,3H2,1-2H3. The van der Waals surface area contributed by atoms with Crippen molar-refractivity contribution in [2.45, 2.75) is 18.7 Å². The summed E-state index contributed by atoms with van der Waals surface area (Å²) in [5.74, 6) is 1.00. The van der Waals surface area contributed by atoms with E-state index >= 15 is 0 Å². The molecule has 1 aromatic heterocycles. The maximum absolute atomic E-state index is 4.40. The number of benzene rings is 2. The molecule has 0 bridgehead atoms. The van der Waals surface area contributed by atoms with Gasteiger partial charge in [0.25, 0.3) is 0 Å². The van der Waals surface area contributed by atoms with Gasteiger partial charge in [-0.1, -0.05) is 67.1 Å². The Morgan fingerprint density at radius 3 is 2.32 bits per heavy atom. The molecule has 0 N–H and O–H groups in total. The number of hydrogen-bond acceptors (Lipinski definition) is 3. The molecule has 0 saturated carbocycles. The minimum absolute atomic E-state index is 0.963. The van der Waals surface area contributed by atoms with Crippen LogP contribution in [-0.4, -0.2) is 16.0 Å². The van der Waals surface area contributed by atoms with Gasteiger partial charge in [-0.25, -0.2) is 0 Å². The first-order chi connectivity index (χ1) is 10.8. The fraction of sp³-hybridized carbons (Fsp3) is 0.158. The lowest BCUT2D eigenvalue weighted by Crippen LogP contribution is -1.95. The SMILES string of the molecule is CCSc1c(-c2ccc(C)cc2)cnnc1-c1ccccc1. The number of rotatable bonds is 4. The van der Waals surface area contributed by atoms with Crippen molar-refractivity contribution in [2.75, 3.05) is 5.75 Å². The highest BCUT2D eigenvalue weighted by molar-refractivity contribution is 7.99. The molecule has 0 unspecified atom stereocenters. The van der Waals surface area contributed by atoms with Gasteiger partial charge in [-0.05, 0) is 18.2 Å². The Hall–Kier alpha value is -2.13. The van der Waals surface area contributed by atoms with Crippen LogP contribution in [0.4, 0.5) is 0 Å². The largest absolute Gasteiger partial charge is 0.158 e. The van der Waals surface area contributed by atoms with E-state index in [1.165, 1.54) is 16.0 Å². The van der Waals surface area contributed by atoms with Crippen molar-refractivity contribution in [2.24, 2.45) is 0 Å². The summed E-state index contributed by atoms with van der Waals surface area (Å²) in [6.07, 6.45) is 1.87. The van der Waals surface area contributed by atoms with Gasteiger partial charge in [-0.3, -0.25) is 0 Å². The van der Waals surface area contributed by atoms with Crippen LogP contribution in [0.5, 0.6) is 0 Å². The molecule has 0 fully saturated rings. The molecule has 3 aromatic rings. The summed E-state index contributed by atoms with van der Waals surface area (Å²) < 4.78 is 0. The van der Waals surface area contributed by atoms with Crippen molar-refractivity contribution in [1.29, 1.82) is 0 Å². The van der Waals surface area contributed by atoms with Gasteiger partial charge in [0.2, 0.25) is 0 Å². The molecule has 0 spiro atoms. The van der Waals surface area contributed by atoms with Crippen LogP contribution >= 0.6 is 11.8 Å². The van der Waals surface area contributed by atoms with Crippen molar-refractivity contribution in [3.8, 4) is 22.4 Å². The zero-order valence-electron chi connectivity index (χ0n) is 12.8. The monoisotopic (exact) mass is 306 g/mol. The van der Waals surface area contributed by atoms with Gasteiger partial charge in [0.05, 0.1) is 6.20 Å². The minimum atomic E-state index is 0.963. The third kappa shape index (κ3) is 3.04. The summed E-state index contributed by atoms with van der Waals surface area (Å²) in [5, 5.41) is 8.64. The molecule has 2 aromatic carbocycles. The van der Waals surface area contributed by atoms with Crippen LogP contribution in [-0.2, 0) is 0 Å². The molecule has 110 valence electrons. The van der Waals surface area contributed by atoms with E-state index in [9.17, 15) is 0 Å². The van der Waals surface area contributed by atoms with E-state index < -0.39 is 0 Å². The molecule has 22 heavy (non-hydrogen) atoms. The van der Waals surface area contributed by atoms with E-state index in [1.54, 1.807) is 0 Å². The summed E-state index contributed by atoms with van der Waals surface area (Å²) in [6.45, 7) is 4.27. The van der Waals surface area contributed by atoms with Crippen LogP contribution in [0.2, 0.25) is 0 Å². The Morgan fingerprint density at radius 1 is 0.909 bits per heavy atom. The summed E-state index contributed by atoms with van der Waals surface area (Å²) >= 11 is 1.82. The summed E-state index contributed by atoms with van der Waals surface area (Å²) in [7, 11) is 0. The van der Waals surface area contributed by atoms with Crippen molar-refractivity contribution in [1.82, 2.24) is 10.2 Å². The third-order valence-corrected chi connectivity index (χ3v) is 4.49. The second-order valence-corrected chi connectivity index (χ2v) is 6.38. The quantitative estimate of drug-likeness (QED) is 0.617. The van der Waals surface area contributed by atoms with Gasteiger partial charge in [-0.2, -0.15) is 5.10 Å². The van der Waals surface area contributed by atoms with Crippen LogP contribution in [0.15, 0.2) is 65.7 Å². The fourth-order valence-corrected chi connectivity index (χ4v) is 3.30. The fourth-order valence-electron chi connectivity index (χ4n) is 2.39. The predicted molar refractivity (Wildman–Crippen MR) is 94.0 cm³/mol. The molecule has 3 heteroatoms. The van der Waals surface area contributed by atoms with Gasteiger partial charge < -0.3 is 0 Å². The Bertz CT molecular complexity index is 752. The van der Waals surface area contributed by atoms with Gasteiger partial charge >= 0.3 is 0 Å². The summed E-state index contributed by atoms with van der Waals surface area (Å²) in [5.41, 5.74) is 5.68. The molecule has 3 rings (SSSR count). The lowest BCUT2D eigenvalue weighted by molar-refractivity contribution is 1.01. The Morgan fingerprint density at radius 2 is 1.64 bits per heavy atom. The maximum Gasteiger partial charge on any atom is 0.107 e. The average molecular weight is 306 g/mol. The first-order valence-electron chi connectivity index (χ1n) is 7.40. The number of aromatic nitrogens is 2. The number of nitrogens with zero attached hydrogens (tertiary/aromatic N) is 2.